The highest BCUT2D eigenvalue weighted by molar-refractivity contribution is 14.0. The molecule has 0 aliphatic carbocycles. The van der Waals surface area contributed by atoms with Crippen molar-refractivity contribution in [3.63, 3.8) is 0 Å². The first-order valence-corrected chi connectivity index (χ1v) is 10.2. The first-order chi connectivity index (χ1) is 11.6. The van der Waals surface area contributed by atoms with Crippen LogP contribution in [0.25, 0.3) is 0 Å². The number of nitrogens with zero attached hydrogens (tertiary/aromatic N) is 2. The van der Waals surface area contributed by atoms with Gasteiger partial charge in [0.25, 0.3) is 0 Å². The van der Waals surface area contributed by atoms with E-state index in [9.17, 15) is 0 Å². The fourth-order valence-corrected chi connectivity index (χ4v) is 4.32. The van der Waals surface area contributed by atoms with Crippen molar-refractivity contribution >= 4 is 41.3 Å². The highest BCUT2D eigenvalue weighted by Crippen LogP contribution is 2.17. The molecule has 4 nitrogen and oxygen atoms in total. The number of thiophene rings is 1. The van der Waals surface area contributed by atoms with E-state index in [1.807, 2.05) is 11.3 Å². The Balaban J connectivity index is 0.00000312. The highest BCUT2D eigenvalue weighted by atomic mass is 127. The van der Waals surface area contributed by atoms with Gasteiger partial charge in [0.2, 0.25) is 0 Å². The van der Waals surface area contributed by atoms with Crippen LogP contribution in [0, 0.1) is 12.8 Å². The Hall–Kier alpha value is -0.340. The molecular weight excluding hydrogens is 443 g/mol. The van der Waals surface area contributed by atoms with Gasteiger partial charge in [0.15, 0.2) is 5.96 Å². The number of halogens is 1. The normalized spacial score (nSPS) is 19.5. The van der Waals surface area contributed by atoms with Gasteiger partial charge in [0, 0.05) is 41.9 Å². The summed E-state index contributed by atoms with van der Waals surface area (Å²) in [5, 5.41) is 6.96. The van der Waals surface area contributed by atoms with Gasteiger partial charge in [-0.3, -0.25) is 4.99 Å². The number of guanidine groups is 1. The second-order valence-corrected chi connectivity index (χ2v) is 8.31. The summed E-state index contributed by atoms with van der Waals surface area (Å²) in [6, 6.07) is 4.83. The van der Waals surface area contributed by atoms with Crippen molar-refractivity contribution in [2.24, 2.45) is 10.9 Å². The minimum Gasteiger partial charge on any atom is -0.357 e. The summed E-state index contributed by atoms with van der Waals surface area (Å²) in [4.78, 5) is 10.2. The molecule has 2 rings (SSSR count). The lowest BCUT2D eigenvalue weighted by molar-refractivity contribution is 0.326. The van der Waals surface area contributed by atoms with Crippen LogP contribution in [0.1, 0.15) is 43.4 Å². The van der Waals surface area contributed by atoms with Crippen LogP contribution < -0.4 is 10.6 Å². The van der Waals surface area contributed by atoms with Crippen LogP contribution in [-0.2, 0) is 6.42 Å². The number of rotatable bonds is 8. The third-order valence-corrected chi connectivity index (χ3v) is 5.47. The molecule has 2 unspecified atom stereocenters. The van der Waals surface area contributed by atoms with Crippen molar-refractivity contribution in [3.8, 4) is 0 Å². The Morgan fingerprint density at radius 1 is 1.40 bits per heavy atom. The summed E-state index contributed by atoms with van der Waals surface area (Å²) >= 11 is 1.89. The van der Waals surface area contributed by atoms with Crippen molar-refractivity contribution in [2.45, 2.75) is 53.0 Å². The quantitative estimate of drug-likeness (QED) is 0.338. The summed E-state index contributed by atoms with van der Waals surface area (Å²) in [5.74, 6) is 1.68. The van der Waals surface area contributed by atoms with E-state index in [2.05, 4.69) is 55.4 Å². The maximum atomic E-state index is 4.85. The molecule has 0 radical (unpaired) electrons. The van der Waals surface area contributed by atoms with Crippen molar-refractivity contribution in [2.75, 3.05) is 32.7 Å². The average Bonchev–Trinajstić information content (AvgIpc) is 3.14. The molecule has 6 heteroatoms. The van der Waals surface area contributed by atoms with Crippen molar-refractivity contribution in [1.82, 2.24) is 15.5 Å². The van der Waals surface area contributed by atoms with Gasteiger partial charge in [0.05, 0.1) is 0 Å². The second kappa shape index (κ2) is 12.1. The first-order valence-electron chi connectivity index (χ1n) is 9.43. The molecule has 1 saturated heterocycles. The predicted octanol–water partition coefficient (Wildman–Crippen LogP) is 3.89. The lowest BCUT2D eigenvalue weighted by atomic mass is 10.1. The molecule has 0 amide bonds. The van der Waals surface area contributed by atoms with E-state index < -0.39 is 0 Å². The van der Waals surface area contributed by atoms with E-state index in [4.69, 9.17) is 4.99 Å². The summed E-state index contributed by atoms with van der Waals surface area (Å²) in [7, 11) is 0. The van der Waals surface area contributed by atoms with Crippen LogP contribution in [0.15, 0.2) is 17.1 Å². The van der Waals surface area contributed by atoms with Crippen LogP contribution in [0.4, 0.5) is 0 Å². The Bertz CT molecular complexity index is 517. The molecule has 2 heterocycles. The highest BCUT2D eigenvalue weighted by Gasteiger charge is 2.21. The molecular formula is C19H35IN4S. The number of aliphatic imine (C=N–C) groups is 1. The van der Waals surface area contributed by atoms with E-state index >= 15 is 0 Å². The topological polar surface area (TPSA) is 39.7 Å². The van der Waals surface area contributed by atoms with Gasteiger partial charge >= 0.3 is 0 Å². The van der Waals surface area contributed by atoms with E-state index in [0.29, 0.717) is 12.0 Å². The number of hydrogen-bond acceptors (Lipinski definition) is 3. The summed E-state index contributed by atoms with van der Waals surface area (Å²) in [6.45, 7) is 14.3. The predicted molar refractivity (Wildman–Crippen MR) is 122 cm³/mol. The van der Waals surface area contributed by atoms with Crippen LogP contribution in [0.3, 0.4) is 0 Å². The molecule has 0 aromatic carbocycles. The lowest BCUT2D eigenvalue weighted by Crippen LogP contribution is -2.43. The van der Waals surface area contributed by atoms with Gasteiger partial charge in [-0.25, -0.2) is 0 Å². The summed E-state index contributed by atoms with van der Waals surface area (Å²) in [5.41, 5.74) is 0. The van der Waals surface area contributed by atoms with E-state index in [-0.39, 0.29) is 24.0 Å². The third-order valence-electron chi connectivity index (χ3n) is 4.45. The Labute approximate surface area is 174 Å². The molecule has 0 saturated carbocycles. The van der Waals surface area contributed by atoms with Gasteiger partial charge < -0.3 is 15.5 Å². The van der Waals surface area contributed by atoms with Crippen LogP contribution in [0.2, 0.25) is 0 Å². The number of hydrogen-bond donors (Lipinski definition) is 2. The number of likely N-dealkylation sites (tertiary alicyclic amines) is 1. The molecule has 0 bridgehead atoms. The molecule has 1 aromatic heterocycles. The Morgan fingerprint density at radius 2 is 2.20 bits per heavy atom. The summed E-state index contributed by atoms with van der Waals surface area (Å²) < 4.78 is 0. The van der Waals surface area contributed by atoms with Crippen molar-refractivity contribution in [3.05, 3.63) is 21.9 Å². The molecule has 1 aromatic rings. The SMILES string of the molecule is CCCN1CCC(CN=C(NCC)NC(C)Cc2ccc(C)s2)C1.I. The van der Waals surface area contributed by atoms with Crippen LogP contribution in [0.5, 0.6) is 0 Å². The number of aryl methyl sites for hydroxylation is 1. The van der Waals surface area contributed by atoms with Gasteiger partial charge in [-0.2, -0.15) is 0 Å². The summed E-state index contributed by atoms with van der Waals surface area (Å²) in [6.07, 6.45) is 3.59. The average molecular weight is 478 g/mol. The maximum Gasteiger partial charge on any atom is 0.191 e. The first kappa shape index (κ1) is 22.7. The molecule has 1 aliphatic heterocycles. The zero-order chi connectivity index (χ0) is 17.4. The molecule has 1 fully saturated rings. The van der Waals surface area contributed by atoms with E-state index in [1.165, 1.54) is 42.2 Å². The van der Waals surface area contributed by atoms with Gasteiger partial charge in [-0.05, 0) is 64.8 Å². The third kappa shape index (κ3) is 8.26. The fourth-order valence-electron chi connectivity index (χ4n) is 3.30. The molecule has 0 spiro atoms. The van der Waals surface area contributed by atoms with Gasteiger partial charge in [0.1, 0.15) is 0 Å². The van der Waals surface area contributed by atoms with Crippen molar-refractivity contribution < 1.29 is 0 Å². The van der Waals surface area contributed by atoms with Gasteiger partial charge in [-0.1, -0.05) is 6.92 Å². The van der Waals surface area contributed by atoms with Crippen molar-refractivity contribution in [1.29, 1.82) is 0 Å². The second-order valence-electron chi connectivity index (χ2n) is 6.94. The standard InChI is InChI=1S/C19H34N4S.HI/c1-5-10-23-11-9-17(14-23)13-21-19(20-6-2)22-15(3)12-18-8-7-16(4)24-18;/h7-8,15,17H,5-6,9-14H2,1-4H3,(H2,20,21,22);1H. The molecule has 144 valence electrons. The minimum atomic E-state index is 0. The minimum absolute atomic E-state index is 0. The van der Waals surface area contributed by atoms with Gasteiger partial charge in [-0.15, -0.1) is 35.3 Å². The number of nitrogens with one attached hydrogen (secondary N) is 2. The lowest BCUT2D eigenvalue weighted by Gasteiger charge is -2.18. The maximum absolute atomic E-state index is 4.85. The zero-order valence-electron chi connectivity index (χ0n) is 16.2. The monoisotopic (exact) mass is 478 g/mol. The molecule has 2 atom stereocenters. The molecule has 2 N–H and O–H groups in total. The van der Waals surface area contributed by atoms with Crippen LogP contribution >= 0.6 is 35.3 Å². The largest absolute Gasteiger partial charge is 0.357 e. The Morgan fingerprint density at radius 3 is 2.84 bits per heavy atom. The Kier molecular flexibility index (Phi) is 11.0. The molecule has 1 aliphatic rings. The molecule has 25 heavy (non-hydrogen) atoms. The fraction of sp³-hybridized carbons (Fsp3) is 0.737. The zero-order valence-corrected chi connectivity index (χ0v) is 19.3. The smallest absolute Gasteiger partial charge is 0.191 e. The van der Waals surface area contributed by atoms with E-state index in [1.54, 1.807) is 0 Å². The van der Waals surface area contributed by atoms with Crippen LogP contribution in [-0.4, -0.2) is 49.6 Å². The van der Waals surface area contributed by atoms with E-state index in [0.717, 1.165) is 25.5 Å².